The maximum Gasteiger partial charge on any atom is 0.323 e. The molecule has 6 aliphatic carbocycles. The van der Waals surface area contributed by atoms with Crippen LogP contribution in [-0.4, -0.2) is 22.6 Å². The number of carbonyl (C=O) groups excluding carboxylic acids is 2. The summed E-state index contributed by atoms with van der Waals surface area (Å²) in [7, 11) is 0. The zero-order valence-corrected chi connectivity index (χ0v) is 14.2. The smallest absolute Gasteiger partial charge is 0.323 e. The Kier molecular flexibility index (Phi) is 1.99. The summed E-state index contributed by atoms with van der Waals surface area (Å²) in [6.07, 6.45) is 1.33. The predicted molar refractivity (Wildman–Crippen MR) is 78.5 cm³/mol. The third-order valence-corrected chi connectivity index (χ3v) is 9.17. The fourth-order valence-corrected chi connectivity index (χ4v) is 9.57. The predicted octanol–water partition coefficient (Wildman–Crippen LogP) is 2.21. The van der Waals surface area contributed by atoms with Gasteiger partial charge in [0.2, 0.25) is 0 Å². The van der Waals surface area contributed by atoms with E-state index in [9.17, 15) is 9.59 Å². The van der Waals surface area contributed by atoms with Gasteiger partial charge in [0.15, 0.2) is 5.92 Å². The molecule has 1 heterocycles. The van der Waals surface area contributed by atoms with Gasteiger partial charge in [-0.2, -0.15) is 0 Å². The maximum absolute atomic E-state index is 12.5. The van der Waals surface area contributed by atoms with E-state index in [0.29, 0.717) is 22.6 Å². The molecule has 1 saturated heterocycles. The van der Waals surface area contributed by atoms with Crippen LogP contribution in [0.25, 0.3) is 0 Å². The normalized spacial score (nSPS) is 62.3. The average Bonchev–Trinajstić information content (AvgIpc) is 3.10. The highest BCUT2D eigenvalue weighted by Gasteiger charge is 2.84. The van der Waals surface area contributed by atoms with E-state index in [2.05, 4.69) is 15.9 Å². The van der Waals surface area contributed by atoms with Crippen molar-refractivity contribution in [2.45, 2.75) is 30.9 Å². The second kappa shape index (κ2) is 3.42. The third-order valence-electron chi connectivity index (χ3n) is 7.95. The lowest BCUT2D eigenvalue weighted by atomic mass is 9.71. The Hall–Kier alpha value is -0.580. The molecule has 1 aliphatic heterocycles. The van der Waals surface area contributed by atoms with Crippen molar-refractivity contribution in [2.24, 2.45) is 59.2 Å². The average molecular weight is 367 g/mol. The van der Waals surface area contributed by atoms with Gasteiger partial charge in [-0.3, -0.25) is 9.59 Å². The van der Waals surface area contributed by atoms with Crippen molar-refractivity contribution in [3.05, 3.63) is 0 Å². The van der Waals surface area contributed by atoms with Crippen LogP contribution in [0.4, 0.5) is 0 Å². The lowest BCUT2D eigenvalue weighted by Gasteiger charge is -2.36. The molecule has 6 bridgehead atoms. The number of carbonyl (C=O) groups is 2. The molecule has 0 spiro atoms. The number of esters is 2. The summed E-state index contributed by atoms with van der Waals surface area (Å²) in [5.74, 6) is 3.41. The third kappa shape index (κ3) is 1.10. The van der Waals surface area contributed by atoms with Crippen LogP contribution in [0.15, 0.2) is 0 Å². The molecule has 0 aromatic carbocycles. The van der Waals surface area contributed by atoms with Crippen LogP contribution >= 0.6 is 15.9 Å². The van der Waals surface area contributed by atoms with E-state index in [1.165, 1.54) is 6.42 Å². The largest absolute Gasteiger partial charge is 0.422 e. The Balaban J connectivity index is 1.42. The van der Waals surface area contributed by atoms with E-state index in [0.717, 1.165) is 29.6 Å². The molecule has 0 N–H and O–H groups in total. The summed E-state index contributed by atoms with van der Waals surface area (Å²) >= 11 is 3.95. The summed E-state index contributed by atoms with van der Waals surface area (Å²) < 4.78 is 10.8. The van der Waals surface area contributed by atoms with Gasteiger partial charge < -0.3 is 9.47 Å². The molecular formula is C17H19BrO4. The number of cyclic esters (lactones) is 2. The van der Waals surface area contributed by atoms with Crippen molar-refractivity contribution in [2.75, 3.05) is 0 Å². The lowest BCUT2D eigenvalue weighted by molar-refractivity contribution is -0.243. The molecule has 4 nitrogen and oxygen atoms in total. The standard InChI is InChI=1S/C17H19BrO4/c1-17(2)21-15(19)13(16(20)22-17)11-6-4-3-5-7(6)12-10(11)8(4)9(5)14(12)18/h4-14H,3H2,1-2H3/t4-,5+,6?,7?,8?,9?,10?,11-,12?,14-/m0/s1. The highest BCUT2D eigenvalue weighted by Crippen LogP contribution is 2.86. The van der Waals surface area contributed by atoms with E-state index in [-0.39, 0.29) is 17.9 Å². The minimum Gasteiger partial charge on any atom is -0.422 e. The minimum atomic E-state index is -1.11. The highest BCUT2D eigenvalue weighted by molar-refractivity contribution is 9.09. The summed E-state index contributed by atoms with van der Waals surface area (Å²) in [5, 5.41) is 0. The molecule has 6 saturated carbocycles. The Morgan fingerprint density at radius 1 is 0.864 bits per heavy atom. The van der Waals surface area contributed by atoms with Crippen LogP contribution in [0.5, 0.6) is 0 Å². The zero-order chi connectivity index (χ0) is 15.1. The molecule has 10 atom stereocenters. The van der Waals surface area contributed by atoms with Crippen molar-refractivity contribution in [1.29, 1.82) is 0 Å². The molecule has 6 unspecified atom stereocenters. The van der Waals surface area contributed by atoms with Crippen LogP contribution in [0.1, 0.15) is 20.3 Å². The number of rotatable bonds is 1. The number of ether oxygens (including phenoxy) is 2. The molecule has 7 rings (SSSR count). The Morgan fingerprint density at radius 2 is 1.41 bits per heavy atom. The van der Waals surface area contributed by atoms with E-state index >= 15 is 0 Å². The van der Waals surface area contributed by atoms with Gasteiger partial charge in [-0.25, -0.2) is 0 Å². The molecule has 0 radical (unpaired) electrons. The molecule has 118 valence electrons. The van der Waals surface area contributed by atoms with Crippen molar-refractivity contribution in [1.82, 2.24) is 0 Å². The van der Waals surface area contributed by atoms with Crippen LogP contribution in [0.2, 0.25) is 0 Å². The van der Waals surface area contributed by atoms with E-state index in [1.807, 2.05) is 0 Å². The molecule has 5 heteroatoms. The van der Waals surface area contributed by atoms with Gasteiger partial charge >= 0.3 is 11.9 Å². The topological polar surface area (TPSA) is 52.6 Å². The van der Waals surface area contributed by atoms with Crippen molar-refractivity contribution in [3.8, 4) is 0 Å². The summed E-state index contributed by atoms with van der Waals surface area (Å²) in [6, 6.07) is 0. The lowest BCUT2D eigenvalue weighted by Crippen LogP contribution is -2.49. The van der Waals surface area contributed by atoms with Gasteiger partial charge in [-0.15, -0.1) is 0 Å². The quantitative estimate of drug-likeness (QED) is 0.405. The van der Waals surface area contributed by atoms with Crippen molar-refractivity contribution >= 4 is 27.9 Å². The first-order chi connectivity index (χ1) is 10.4. The Bertz CT molecular complexity index is 608. The van der Waals surface area contributed by atoms with E-state index in [1.54, 1.807) is 13.8 Å². The van der Waals surface area contributed by atoms with Gasteiger partial charge in [-0.05, 0) is 59.7 Å². The Morgan fingerprint density at radius 3 is 2.05 bits per heavy atom. The molecule has 7 fully saturated rings. The van der Waals surface area contributed by atoms with Gasteiger partial charge in [0.25, 0.3) is 5.79 Å². The highest BCUT2D eigenvalue weighted by atomic mass is 79.9. The number of alkyl halides is 1. The second-order valence-corrected chi connectivity index (χ2v) is 9.83. The van der Waals surface area contributed by atoms with Gasteiger partial charge in [0.1, 0.15) is 0 Å². The van der Waals surface area contributed by atoms with Crippen molar-refractivity contribution in [3.63, 3.8) is 0 Å². The van der Waals surface area contributed by atoms with Crippen LogP contribution in [0, 0.1) is 59.2 Å². The molecule has 0 aromatic rings. The van der Waals surface area contributed by atoms with Gasteiger partial charge in [-0.1, -0.05) is 15.9 Å². The summed E-state index contributed by atoms with van der Waals surface area (Å²) in [5.41, 5.74) is 0. The van der Waals surface area contributed by atoms with Gasteiger partial charge in [0.05, 0.1) is 0 Å². The fourth-order valence-electron chi connectivity index (χ4n) is 8.12. The van der Waals surface area contributed by atoms with E-state index < -0.39 is 11.7 Å². The Labute approximate surface area is 137 Å². The van der Waals surface area contributed by atoms with Gasteiger partial charge in [0, 0.05) is 18.7 Å². The molecular weight excluding hydrogens is 348 g/mol. The van der Waals surface area contributed by atoms with Crippen LogP contribution in [-0.2, 0) is 19.1 Å². The monoisotopic (exact) mass is 366 g/mol. The molecule has 0 aromatic heterocycles. The number of hydrogen-bond acceptors (Lipinski definition) is 4. The first-order valence-corrected chi connectivity index (χ1v) is 9.42. The maximum atomic E-state index is 12.5. The molecule has 0 amide bonds. The van der Waals surface area contributed by atoms with Crippen molar-refractivity contribution < 1.29 is 19.1 Å². The summed E-state index contributed by atoms with van der Waals surface area (Å²) in [6.45, 7) is 3.27. The summed E-state index contributed by atoms with van der Waals surface area (Å²) in [4.78, 5) is 25.7. The number of hydrogen-bond donors (Lipinski definition) is 0. The van der Waals surface area contributed by atoms with Crippen LogP contribution in [0.3, 0.4) is 0 Å². The second-order valence-electron chi connectivity index (χ2n) is 8.77. The minimum absolute atomic E-state index is 0.179. The fraction of sp³-hybridized carbons (Fsp3) is 0.882. The molecule has 7 aliphatic rings. The molecule has 22 heavy (non-hydrogen) atoms. The SMILES string of the molecule is CC1(C)OC(=O)C([C@@H]2C3C4C5C2[C@@H]2C[C@H]5C(C32)[C@@H]4Br)C(=O)O1. The van der Waals surface area contributed by atoms with E-state index in [4.69, 9.17) is 9.47 Å². The zero-order valence-electron chi connectivity index (χ0n) is 12.6. The van der Waals surface area contributed by atoms with Crippen LogP contribution < -0.4 is 0 Å². The first kappa shape index (κ1) is 12.8. The number of halogens is 1. The first-order valence-electron chi connectivity index (χ1n) is 8.50.